The third kappa shape index (κ3) is 2.39. The van der Waals surface area contributed by atoms with E-state index < -0.39 is 0 Å². The second-order valence-electron chi connectivity index (χ2n) is 5.42. The van der Waals surface area contributed by atoms with Gasteiger partial charge < -0.3 is 16.0 Å². The van der Waals surface area contributed by atoms with Crippen LogP contribution < -0.4 is 11.1 Å². The third-order valence-corrected chi connectivity index (χ3v) is 4.05. The number of aryl methyl sites for hydroxylation is 1. The predicted octanol–water partition coefficient (Wildman–Crippen LogP) is 2.47. The van der Waals surface area contributed by atoms with E-state index in [1.807, 2.05) is 12.1 Å². The highest BCUT2D eigenvalue weighted by Gasteiger charge is 2.38. The second kappa shape index (κ2) is 4.57. The van der Waals surface area contributed by atoms with E-state index in [0.717, 1.165) is 17.9 Å². The van der Waals surface area contributed by atoms with E-state index >= 15 is 0 Å². The first-order chi connectivity index (χ1) is 8.03. The van der Waals surface area contributed by atoms with Crippen LogP contribution in [0, 0.1) is 6.92 Å². The van der Waals surface area contributed by atoms with Gasteiger partial charge in [0, 0.05) is 12.1 Å². The van der Waals surface area contributed by atoms with E-state index in [4.69, 9.17) is 5.73 Å². The molecule has 94 valence electrons. The summed E-state index contributed by atoms with van der Waals surface area (Å²) >= 11 is 0. The maximum absolute atomic E-state index is 5.98. The van der Waals surface area contributed by atoms with E-state index in [1.165, 1.54) is 24.8 Å². The molecule has 0 amide bonds. The van der Waals surface area contributed by atoms with E-state index in [1.54, 1.807) is 0 Å². The van der Waals surface area contributed by atoms with Crippen LogP contribution in [0.15, 0.2) is 18.2 Å². The zero-order chi connectivity index (χ0) is 12.5. The minimum atomic E-state index is 0.330. The van der Waals surface area contributed by atoms with Crippen molar-refractivity contribution in [1.82, 2.24) is 4.90 Å². The van der Waals surface area contributed by atoms with E-state index in [2.05, 4.69) is 37.3 Å². The fourth-order valence-corrected chi connectivity index (χ4v) is 2.45. The van der Waals surface area contributed by atoms with Crippen LogP contribution >= 0.6 is 0 Å². The molecule has 0 aromatic heterocycles. The monoisotopic (exact) mass is 233 g/mol. The van der Waals surface area contributed by atoms with Gasteiger partial charge in [-0.25, -0.2) is 0 Å². The van der Waals surface area contributed by atoms with Gasteiger partial charge >= 0.3 is 0 Å². The molecule has 0 spiro atoms. The number of nitrogens with two attached hydrogens (primary N) is 1. The Kier molecular flexibility index (Phi) is 3.29. The maximum atomic E-state index is 5.98. The molecule has 3 heteroatoms. The first-order valence-electron chi connectivity index (χ1n) is 6.31. The van der Waals surface area contributed by atoms with E-state index in [0.29, 0.717) is 5.54 Å². The second-order valence-corrected chi connectivity index (χ2v) is 5.42. The van der Waals surface area contributed by atoms with Crippen LogP contribution in [0.25, 0.3) is 0 Å². The number of nitrogen functional groups attached to an aromatic ring is 1. The van der Waals surface area contributed by atoms with Gasteiger partial charge in [-0.05, 0) is 58.0 Å². The number of rotatable bonds is 4. The topological polar surface area (TPSA) is 41.3 Å². The minimum Gasteiger partial charge on any atom is -0.397 e. The van der Waals surface area contributed by atoms with E-state index in [-0.39, 0.29) is 0 Å². The third-order valence-electron chi connectivity index (χ3n) is 4.05. The Morgan fingerprint density at radius 3 is 2.59 bits per heavy atom. The van der Waals surface area contributed by atoms with Crippen LogP contribution in [0.4, 0.5) is 11.4 Å². The van der Waals surface area contributed by atoms with E-state index in [9.17, 15) is 0 Å². The van der Waals surface area contributed by atoms with Gasteiger partial charge in [-0.2, -0.15) is 0 Å². The molecule has 0 radical (unpaired) electrons. The largest absolute Gasteiger partial charge is 0.397 e. The lowest BCUT2D eigenvalue weighted by Crippen LogP contribution is -2.54. The molecule has 0 unspecified atom stereocenters. The lowest BCUT2D eigenvalue weighted by molar-refractivity contribution is 0.0739. The number of nitrogens with one attached hydrogen (secondary N) is 1. The average molecular weight is 233 g/mol. The number of likely N-dealkylation sites (N-methyl/N-ethyl adjacent to an activating group) is 1. The van der Waals surface area contributed by atoms with Crippen LogP contribution in [-0.4, -0.2) is 31.1 Å². The zero-order valence-corrected chi connectivity index (χ0v) is 11.1. The molecule has 1 aliphatic rings. The van der Waals surface area contributed by atoms with Crippen molar-refractivity contribution in [3.05, 3.63) is 23.8 Å². The predicted molar refractivity (Wildman–Crippen MR) is 74.4 cm³/mol. The Bertz CT molecular complexity index is 394. The molecule has 0 heterocycles. The van der Waals surface area contributed by atoms with Crippen LogP contribution in [0.1, 0.15) is 24.8 Å². The van der Waals surface area contributed by atoms with Crippen LogP contribution in [0.3, 0.4) is 0 Å². The van der Waals surface area contributed by atoms with Crippen molar-refractivity contribution in [2.75, 3.05) is 31.7 Å². The summed E-state index contributed by atoms with van der Waals surface area (Å²) in [6, 6.07) is 6.14. The number of hydrogen-bond acceptors (Lipinski definition) is 3. The number of benzene rings is 1. The normalized spacial score (nSPS) is 17.9. The summed E-state index contributed by atoms with van der Waals surface area (Å²) in [5.41, 5.74) is 9.46. The molecule has 1 fully saturated rings. The van der Waals surface area contributed by atoms with Gasteiger partial charge in [0.15, 0.2) is 0 Å². The van der Waals surface area contributed by atoms with Crippen molar-refractivity contribution in [1.29, 1.82) is 0 Å². The maximum Gasteiger partial charge on any atom is 0.0577 e. The summed E-state index contributed by atoms with van der Waals surface area (Å²) in [4.78, 5) is 2.34. The first-order valence-corrected chi connectivity index (χ1v) is 6.31. The van der Waals surface area contributed by atoms with Gasteiger partial charge in [0.25, 0.3) is 0 Å². The molecule has 2 rings (SSSR count). The quantitative estimate of drug-likeness (QED) is 0.785. The molecule has 0 atom stereocenters. The lowest BCUT2D eigenvalue weighted by Gasteiger charge is -2.47. The lowest BCUT2D eigenvalue weighted by atomic mass is 9.75. The molecule has 17 heavy (non-hydrogen) atoms. The minimum absolute atomic E-state index is 0.330. The SMILES string of the molecule is Cc1ccc(N)c(NCC2(N(C)C)CCC2)c1. The summed E-state index contributed by atoms with van der Waals surface area (Å²) in [5.74, 6) is 0. The number of nitrogens with zero attached hydrogens (tertiary/aromatic N) is 1. The standard InChI is InChI=1S/C14H23N3/c1-11-5-6-12(15)13(9-11)16-10-14(17(2)3)7-4-8-14/h5-6,9,16H,4,7-8,10,15H2,1-3H3. The van der Waals surface area contributed by atoms with Crippen LogP contribution in [-0.2, 0) is 0 Å². The van der Waals surface area contributed by atoms with Crippen molar-refractivity contribution >= 4 is 11.4 Å². The fourth-order valence-electron chi connectivity index (χ4n) is 2.45. The zero-order valence-electron chi connectivity index (χ0n) is 11.1. The van der Waals surface area contributed by atoms with Gasteiger partial charge in [-0.3, -0.25) is 0 Å². The Hall–Kier alpha value is -1.22. The molecular weight excluding hydrogens is 210 g/mol. The van der Waals surface area contributed by atoms with Crippen molar-refractivity contribution in [3.63, 3.8) is 0 Å². The highest BCUT2D eigenvalue weighted by Crippen LogP contribution is 2.36. The smallest absolute Gasteiger partial charge is 0.0577 e. The highest BCUT2D eigenvalue weighted by molar-refractivity contribution is 5.67. The van der Waals surface area contributed by atoms with Gasteiger partial charge in [0.2, 0.25) is 0 Å². The average Bonchev–Trinajstić information content (AvgIpc) is 2.21. The molecule has 1 saturated carbocycles. The Morgan fingerprint density at radius 2 is 2.06 bits per heavy atom. The van der Waals surface area contributed by atoms with Crippen LogP contribution in [0.2, 0.25) is 0 Å². The Labute approximate surface area is 104 Å². The number of anilines is 2. The Morgan fingerprint density at radius 1 is 1.35 bits per heavy atom. The van der Waals surface area contributed by atoms with Crippen molar-refractivity contribution in [3.8, 4) is 0 Å². The molecular formula is C14H23N3. The van der Waals surface area contributed by atoms with Crippen molar-refractivity contribution in [2.45, 2.75) is 31.7 Å². The summed E-state index contributed by atoms with van der Waals surface area (Å²) in [6.45, 7) is 3.07. The Balaban J connectivity index is 2.04. The van der Waals surface area contributed by atoms with Gasteiger partial charge in [-0.15, -0.1) is 0 Å². The molecule has 1 aromatic carbocycles. The van der Waals surface area contributed by atoms with Gasteiger partial charge in [0.05, 0.1) is 11.4 Å². The highest BCUT2D eigenvalue weighted by atomic mass is 15.2. The molecule has 0 aliphatic heterocycles. The molecule has 0 bridgehead atoms. The molecule has 3 N–H and O–H groups in total. The van der Waals surface area contributed by atoms with Crippen molar-refractivity contribution < 1.29 is 0 Å². The molecule has 3 nitrogen and oxygen atoms in total. The summed E-state index contributed by atoms with van der Waals surface area (Å²) in [5, 5.41) is 3.51. The van der Waals surface area contributed by atoms with Crippen LogP contribution in [0.5, 0.6) is 0 Å². The molecule has 1 aliphatic carbocycles. The summed E-state index contributed by atoms with van der Waals surface area (Å²) in [7, 11) is 4.33. The number of hydrogen-bond donors (Lipinski definition) is 2. The fraction of sp³-hybridized carbons (Fsp3) is 0.571. The van der Waals surface area contributed by atoms with Gasteiger partial charge in [-0.1, -0.05) is 6.07 Å². The molecule has 1 aromatic rings. The first kappa shape index (κ1) is 12.2. The van der Waals surface area contributed by atoms with Gasteiger partial charge in [0.1, 0.15) is 0 Å². The summed E-state index contributed by atoms with van der Waals surface area (Å²) in [6.07, 6.45) is 3.89. The van der Waals surface area contributed by atoms with Crippen molar-refractivity contribution in [2.24, 2.45) is 0 Å². The summed E-state index contributed by atoms with van der Waals surface area (Å²) < 4.78 is 0. The molecule has 0 saturated heterocycles.